The first-order chi connectivity index (χ1) is 59.0. The molecule has 744 valence electrons. The van der Waals surface area contributed by atoms with Crippen LogP contribution >= 0.6 is 58.1 Å². The molecule has 124 heavy (non-hydrogen) atoms. The zero-order valence-electron chi connectivity index (χ0n) is 90.2. The lowest BCUT2D eigenvalue weighted by molar-refractivity contribution is -0.342. The maximum atomic E-state index is 8.98. The molecular weight excluding hydrogens is 1680 g/mol. The van der Waals surface area contributed by atoms with Crippen molar-refractivity contribution in [2.45, 2.75) is 427 Å². The number of nitrogens with zero attached hydrogens (tertiary/aromatic N) is 4. The Morgan fingerprint density at radius 1 is 0.121 bits per heavy atom. The molecule has 0 radical (unpaired) electrons. The van der Waals surface area contributed by atoms with Crippen LogP contribution in [0.3, 0.4) is 0 Å². The van der Waals surface area contributed by atoms with E-state index in [9.17, 15) is 0 Å². The van der Waals surface area contributed by atoms with Crippen LogP contribution in [-0.2, 0) is 0 Å². The standard InChI is InChI=1S/8C12H28P.4CBNO2/c8*1-5-9-13(10-6-2,11-7-3)12-8-4;4*3-1-2(4)5/h8*5-12H2,1-4H3;;;;/q8*+1;4*-2. The fourth-order valence-electron chi connectivity index (χ4n) is 20.5. The molecule has 0 aromatic carbocycles. The summed E-state index contributed by atoms with van der Waals surface area (Å²) in [5, 5.41) is 101. The minimum atomic E-state index is -2.31. The zero-order valence-corrected chi connectivity index (χ0v) is 97.4. The smallest absolute Gasteiger partial charge is 0.0591 e. The van der Waals surface area contributed by atoms with Crippen molar-refractivity contribution >= 4 is 86.6 Å². The molecule has 0 unspecified atom stereocenters. The molecule has 0 fully saturated rings. The number of hydrogen-bond acceptors (Lipinski definition) is 12. The van der Waals surface area contributed by atoms with Gasteiger partial charge in [0.1, 0.15) is 0 Å². The van der Waals surface area contributed by atoms with Gasteiger partial charge in [0, 0.05) is 86.6 Å². The molecule has 0 aliphatic heterocycles. The summed E-state index contributed by atoms with van der Waals surface area (Å²) in [7, 11) is -13.2. The second kappa shape index (κ2) is 113. The number of nitriles is 4. The van der Waals surface area contributed by atoms with E-state index in [1.165, 1.54) is 205 Å². The minimum absolute atomic E-state index is 0.496. The second-order valence-electron chi connectivity index (χ2n) is 35.7. The van der Waals surface area contributed by atoms with E-state index in [0.717, 1.165) is 23.9 Å². The van der Waals surface area contributed by atoms with Gasteiger partial charge in [0.25, 0.3) is 0 Å². The molecule has 0 heterocycles. The lowest BCUT2D eigenvalue weighted by atomic mass is 9.97. The first-order valence-corrected chi connectivity index (χ1v) is 72.9. The van der Waals surface area contributed by atoms with E-state index in [-0.39, 0.29) is 0 Å². The van der Waals surface area contributed by atoms with Gasteiger partial charge in [0.15, 0.2) is 0 Å². The van der Waals surface area contributed by atoms with Crippen molar-refractivity contribution in [1.29, 1.82) is 21.0 Å². The van der Waals surface area contributed by atoms with Crippen molar-refractivity contribution in [2.24, 2.45) is 0 Å². The normalized spacial score (nSPS) is 11.0. The third-order valence-electron chi connectivity index (χ3n) is 22.8. The Morgan fingerprint density at radius 2 is 0.153 bits per heavy atom. The van der Waals surface area contributed by atoms with Crippen molar-refractivity contribution in [1.82, 2.24) is 0 Å². The molecule has 0 bridgehead atoms. The monoisotopic (exact) mass is 1900 g/mol. The van der Waals surface area contributed by atoms with E-state index in [1.54, 1.807) is 197 Å². The Kier molecular flexibility index (Phi) is 138. The third kappa shape index (κ3) is 97.9. The average molecular weight is 1900 g/mol. The van der Waals surface area contributed by atoms with E-state index in [2.05, 4.69) is 222 Å². The first kappa shape index (κ1) is 151. The summed E-state index contributed by atoms with van der Waals surface area (Å²) in [6, 6.07) is 0. The quantitative estimate of drug-likeness (QED) is 0.0406. The highest BCUT2D eigenvalue weighted by Gasteiger charge is 2.39. The Bertz CT molecular complexity index is 1560. The molecule has 0 amide bonds. The fraction of sp³-hybridized carbons (Fsp3) is 0.960. The van der Waals surface area contributed by atoms with Crippen LogP contribution < -0.4 is 40.2 Å². The van der Waals surface area contributed by atoms with Crippen molar-refractivity contribution < 1.29 is 40.2 Å². The van der Waals surface area contributed by atoms with E-state index in [1.807, 2.05) is 0 Å². The van der Waals surface area contributed by atoms with E-state index >= 15 is 0 Å². The highest BCUT2D eigenvalue weighted by molar-refractivity contribution is 7.78. The maximum absolute atomic E-state index is 8.98. The molecule has 24 heteroatoms. The van der Waals surface area contributed by atoms with Crippen LogP contribution in [-0.4, -0.2) is 226 Å². The summed E-state index contributed by atoms with van der Waals surface area (Å²) in [5.74, 6) is 3.67. The Hall–Kier alpha value is 1.34. The van der Waals surface area contributed by atoms with Gasteiger partial charge in [-0.1, -0.05) is 222 Å². The van der Waals surface area contributed by atoms with Gasteiger partial charge in [0.05, 0.1) is 197 Å². The summed E-state index contributed by atoms with van der Waals surface area (Å²) in [5.41, 5.74) is 0. The molecule has 0 aromatic rings. The van der Waals surface area contributed by atoms with E-state index in [0.29, 0.717) is 0 Å². The molecule has 0 aromatic heterocycles. The lowest BCUT2D eigenvalue weighted by Gasteiger charge is -2.26. The summed E-state index contributed by atoms with van der Waals surface area (Å²) >= 11 is 0. The Balaban J connectivity index is -0.000000112. The van der Waals surface area contributed by atoms with Gasteiger partial charge in [-0.3, -0.25) is 0 Å². The van der Waals surface area contributed by atoms with Crippen LogP contribution in [0.25, 0.3) is 0 Å². The van der Waals surface area contributed by atoms with Crippen LogP contribution in [0, 0.1) is 44.9 Å². The lowest BCUT2D eigenvalue weighted by Crippen LogP contribution is -2.43. The molecule has 0 atom stereocenters. The SMILES string of the molecule is CCC[P+](CCC)(CCC)CCC.CCC[P+](CCC)(CCC)CCC.CCC[P+](CCC)(CCC)CCC.CCC[P+](CCC)(CCC)CCC.CCC[P+](CCC)(CCC)CCC.CCC[P+](CCC)(CCC)CCC.CCC[P+](CCC)(CCC)CCC.CCC[P+](CCC)(CCC)CCC.N#CB([O-])[O-].N#CB([O-])[O-].N#CB([O-])[O-].N#CB([O-])[O-]. The van der Waals surface area contributed by atoms with Gasteiger partial charge in [-0.05, 0) is 229 Å². The second-order valence-corrected chi connectivity index (χ2v) is 71.5. The van der Waals surface area contributed by atoms with Crippen LogP contribution in [0.5, 0.6) is 0 Å². The van der Waals surface area contributed by atoms with Crippen LogP contribution in [0.4, 0.5) is 0 Å². The van der Waals surface area contributed by atoms with E-state index in [4.69, 9.17) is 61.2 Å². The van der Waals surface area contributed by atoms with Gasteiger partial charge in [-0.2, -0.15) is 0 Å². The third-order valence-corrected chi connectivity index (χ3v) is 67.4. The highest BCUT2D eigenvalue weighted by atomic mass is 31.2. The van der Waals surface area contributed by atoms with Gasteiger partial charge < -0.3 is 40.2 Å². The molecule has 0 saturated carbocycles. The first-order valence-electron chi connectivity index (χ1n) is 52.7. The van der Waals surface area contributed by atoms with Crippen LogP contribution in [0.1, 0.15) is 427 Å². The molecule has 0 spiro atoms. The molecular formula is C100H224B4N4O8P8. The highest BCUT2D eigenvalue weighted by Crippen LogP contribution is 2.66. The van der Waals surface area contributed by atoms with Crippen molar-refractivity contribution in [3.63, 3.8) is 0 Å². The van der Waals surface area contributed by atoms with Gasteiger partial charge >= 0.3 is 0 Å². The number of hydrogen-bond donors (Lipinski definition) is 0. The van der Waals surface area contributed by atoms with Gasteiger partial charge in [0.2, 0.25) is 0 Å². The van der Waals surface area contributed by atoms with Gasteiger partial charge in [-0.25, -0.2) is 21.0 Å². The van der Waals surface area contributed by atoms with E-state index < -0.39 is 86.6 Å². The topological polar surface area (TPSA) is 280 Å². The summed E-state index contributed by atoms with van der Waals surface area (Å²) in [6.45, 7) is 75.4. The zero-order chi connectivity index (χ0) is 98.4. The number of rotatable bonds is 64. The van der Waals surface area contributed by atoms with Crippen molar-refractivity contribution in [2.75, 3.05) is 197 Å². The summed E-state index contributed by atoms with van der Waals surface area (Å²) in [6.07, 6.45) is 95.0. The van der Waals surface area contributed by atoms with Crippen LogP contribution in [0.15, 0.2) is 0 Å². The maximum Gasteiger partial charge on any atom is 0.0591 e. The Labute approximate surface area is 790 Å². The molecule has 0 aliphatic rings. The van der Waals surface area contributed by atoms with Gasteiger partial charge in [-0.15, -0.1) is 0 Å². The average Bonchev–Trinajstić information content (AvgIpc) is 0.944. The predicted octanol–water partition coefficient (Wildman–Crippen LogP) is 26.2. The van der Waals surface area contributed by atoms with Crippen molar-refractivity contribution in [3.05, 3.63) is 0 Å². The van der Waals surface area contributed by atoms with Crippen molar-refractivity contribution in [3.8, 4) is 23.9 Å². The fourth-order valence-corrected chi connectivity index (χ4v) is 61.6. The summed E-state index contributed by atoms with van der Waals surface area (Å²) in [4.78, 5) is 0. The molecule has 0 aliphatic carbocycles. The molecule has 12 nitrogen and oxygen atoms in total. The molecule has 0 rings (SSSR count). The largest absolute Gasteiger partial charge is 0.881 e. The van der Waals surface area contributed by atoms with Crippen LogP contribution in [0.2, 0.25) is 0 Å². The predicted molar refractivity (Wildman–Crippen MR) is 586 cm³/mol. The molecule has 0 saturated heterocycles. The Morgan fingerprint density at radius 3 is 0.169 bits per heavy atom. The summed E-state index contributed by atoms with van der Waals surface area (Å²) < 4.78 is 0. The minimum Gasteiger partial charge on any atom is -0.881 e. The molecule has 0 N–H and O–H groups in total.